The summed E-state index contributed by atoms with van der Waals surface area (Å²) in [7, 11) is 1.76. The number of hydrogen-bond donors (Lipinski definition) is 1. The van der Waals surface area contributed by atoms with Crippen molar-refractivity contribution in [3.63, 3.8) is 0 Å². The summed E-state index contributed by atoms with van der Waals surface area (Å²) in [6.07, 6.45) is 7.08. The number of methoxy groups -OCH3 is 1. The number of rotatable bonds is 7. The number of nitrogens with zero attached hydrogens (tertiary/aromatic N) is 2. The van der Waals surface area contributed by atoms with Crippen LogP contribution in [0.1, 0.15) is 20.3 Å². The lowest BCUT2D eigenvalue weighted by Gasteiger charge is -2.44. The first-order valence-electron chi connectivity index (χ1n) is 6.60. The van der Waals surface area contributed by atoms with E-state index >= 15 is 0 Å². The summed E-state index contributed by atoms with van der Waals surface area (Å²) in [6, 6.07) is 0.787. The number of nitrogens with one attached hydrogen (secondary N) is 1. The molecule has 0 aromatic carbocycles. The SMILES string of the molecule is CCOC1CC(NC(C)Cn2ccnc2)C1OC. The van der Waals surface area contributed by atoms with Gasteiger partial charge in [-0.3, -0.25) is 0 Å². The van der Waals surface area contributed by atoms with Gasteiger partial charge in [0.15, 0.2) is 0 Å². The van der Waals surface area contributed by atoms with Gasteiger partial charge in [-0.15, -0.1) is 0 Å². The Morgan fingerprint density at radius 3 is 3.00 bits per heavy atom. The highest BCUT2D eigenvalue weighted by molar-refractivity contribution is 4.98. The van der Waals surface area contributed by atoms with Gasteiger partial charge in [-0.1, -0.05) is 0 Å². The lowest BCUT2D eigenvalue weighted by molar-refractivity contribution is -0.133. The van der Waals surface area contributed by atoms with Crippen LogP contribution in [0, 0.1) is 0 Å². The van der Waals surface area contributed by atoms with Crippen LogP contribution in [0.5, 0.6) is 0 Å². The quantitative estimate of drug-likeness (QED) is 0.789. The highest BCUT2D eigenvalue weighted by Gasteiger charge is 2.42. The van der Waals surface area contributed by atoms with Gasteiger partial charge in [0.1, 0.15) is 0 Å². The van der Waals surface area contributed by atoms with Crippen molar-refractivity contribution in [3.05, 3.63) is 18.7 Å². The predicted molar refractivity (Wildman–Crippen MR) is 69.4 cm³/mol. The summed E-state index contributed by atoms with van der Waals surface area (Å²) in [5.41, 5.74) is 0. The van der Waals surface area contributed by atoms with E-state index in [4.69, 9.17) is 9.47 Å². The Morgan fingerprint density at radius 2 is 2.39 bits per heavy atom. The molecule has 0 saturated heterocycles. The molecule has 0 bridgehead atoms. The molecular formula is C13H23N3O2. The Labute approximate surface area is 108 Å². The predicted octanol–water partition coefficient (Wildman–Crippen LogP) is 1.05. The van der Waals surface area contributed by atoms with E-state index in [1.807, 2.05) is 19.4 Å². The molecule has 1 aromatic heterocycles. The lowest BCUT2D eigenvalue weighted by Crippen LogP contribution is -2.61. The van der Waals surface area contributed by atoms with Crippen LogP contribution < -0.4 is 5.32 Å². The molecule has 4 unspecified atom stereocenters. The van der Waals surface area contributed by atoms with Gasteiger partial charge in [0.05, 0.1) is 18.5 Å². The number of imidazole rings is 1. The van der Waals surface area contributed by atoms with E-state index in [0.717, 1.165) is 19.6 Å². The molecule has 2 rings (SSSR count). The lowest BCUT2D eigenvalue weighted by atomic mass is 9.84. The van der Waals surface area contributed by atoms with Crippen molar-refractivity contribution < 1.29 is 9.47 Å². The van der Waals surface area contributed by atoms with Crippen molar-refractivity contribution in [1.82, 2.24) is 14.9 Å². The minimum atomic E-state index is 0.176. The van der Waals surface area contributed by atoms with Gasteiger partial charge in [0, 0.05) is 44.7 Å². The maximum absolute atomic E-state index is 5.62. The molecule has 1 aliphatic rings. The average molecular weight is 253 g/mol. The summed E-state index contributed by atoms with van der Waals surface area (Å²) >= 11 is 0. The second-order valence-corrected chi connectivity index (χ2v) is 4.86. The molecule has 1 N–H and O–H groups in total. The highest BCUT2D eigenvalue weighted by Crippen LogP contribution is 2.27. The van der Waals surface area contributed by atoms with E-state index in [1.165, 1.54) is 0 Å². The van der Waals surface area contributed by atoms with E-state index < -0.39 is 0 Å². The molecule has 1 saturated carbocycles. The van der Waals surface area contributed by atoms with Crippen molar-refractivity contribution in [3.8, 4) is 0 Å². The molecule has 1 fully saturated rings. The van der Waals surface area contributed by atoms with Crippen molar-refractivity contribution in [2.24, 2.45) is 0 Å². The van der Waals surface area contributed by atoms with Gasteiger partial charge in [-0.05, 0) is 20.3 Å². The minimum absolute atomic E-state index is 0.176. The second kappa shape index (κ2) is 6.31. The van der Waals surface area contributed by atoms with Gasteiger partial charge in [0.25, 0.3) is 0 Å². The van der Waals surface area contributed by atoms with Crippen LogP contribution in [0.25, 0.3) is 0 Å². The molecule has 4 atom stereocenters. The van der Waals surface area contributed by atoms with Crippen LogP contribution in [0.3, 0.4) is 0 Å². The Bertz CT molecular complexity index is 342. The molecular weight excluding hydrogens is 230 g/mol. The number of hydrogen-bond acceptors (Lipinski definition) is 4. The third-order valence-electron chi connectivity index (χ3n) is 3.44. The molecule has 5 heteroatoms. The van der Waals surface area contributed by atoms with Gasteiger partial charge < -0.3 is 19.4 Å². The van der Waals surface area contributed by atoms with E-state index in [-0.39, 0.29) is 12.2 Å². The summed E-state index contributed by atoms with van der Waals surface area (Å²) in [5.74, 6) is 0. The summed E-state index contributed by atoms with van der Waals surface area (Å²) in [5, 5.41) is 3.59. The topological polar surface area (TPSA) is 48.3 Å². The monoisotopic (exact) mass is 253 g/mol. The van der Waals surface area contributed by atoms with Gasteiger partial charge in [0.2, 0.25) is 0 Å². The van der Waals surface area contributed by atoms with Crippen LogP contribution in [-0.2, 0) is 16.0 Å². The van der Waals surface area contributed by atoms with Crippen LogP contribution >= 0.6 is 0 Å². The normalized spacial score (nSPS) is 28.9. The summed E-state index contributed by atoms with van der Waals surface area (Å²) in [6.45, 7) is 5.88. The fourth-order valence-corrected chi connectivity index (χ4v) is 2.57. The fourth-order valence-electron chi connectivity index (χ4n) is 2.57. The van der Waals surface area contributed by atoms with Crippen LogP contribution in [0.4, 0.5) is 0 Å². The van der Waals surface area contributed by atoms with Gasteiger partial charge in [-0.25, -0.2) is 4.98 Å². The van der Waals surface area contributed by atoms with Gasteiger partial charge in [-0.2, -0.15) is 0 Å². The largest absolute Gasteiger partial charge is 0.377 e. The zero-order valence-corrected chi connectivity index (χ0v) is 11.4. The molecule has 18 heavy (non-hydrogen) atoms. The van der Waals surface area contributed by atoms with Crippen LogP contribution in [0.15, 0.2) is 18.7 Å². The first kappa shape index (κ1) is 13.5. The molecule has 1 heterocycles. The first-order chi connectivity index (χ1) is 8.74. The second-order valence-electron chi connectivity index (χ2n) is 4.86. The molecule has 5 nitrogen and oxygen atoms in total. The fraction of sp³-hybridized carbons (Fsp3) is 0.769. The number of aromatic nitrogens is 2. The highest BCUT2D eigenvalue weighted by atomic mass is 16.5. The Morgan fingerprint density at radius 1 is 1.56 bits per heavy atom. The van der Waals surface area contributed by atoms with Crippen molar-refractivity contribution >= 4 is 0 Å². The zero-order valence-electron chi connectivity index (χ0n) is 11.4. The smallest absolute Gasteiger partial charge is 0.0986 e. The summed E-state index contributed by atoms with van der Waals surface area (Å²) < 4.78 is 13.2. The Hall–Kier alpha value is -0.910. The van der Waals surface area contributed by atoms with Crippen LogP contribution in [-0.4, -0.2) is 47.6 Å². The third-order valence-corrected chi connectivity index (χ3v) is 3.44. The maximum Gasteiger partial charge on any atom is 0.0986 e. The number of ether oxygens (including phenoxy) is 2. The Kier molecular flexibility index (Phi) is 4.74. The molecule has 0 spiro atoms. The van der Waals surface area contributed by atoms with E-state index in [0.29, 0.717) is 12.1 Å². The minimum Gasteiger partial charge on any atom is -0.377 e. The average Bonchev–Trinajstić information content (AvgIpc) is 2.80. The van der Waals surface area contributed by atoms with Gasteiger partial charge >= 0.3 is 0 Å². The molecule has 1 aliphatic carbocycles. The molecule has 102 valence electrons. The maximum atomic E-state index is 5.62. The molecule has 0 radical (unpaired) electrons. The first-order valence-corrected chi connectivity index (χ1v) is 6.60. The third kappa shape index (κ3) is 3.10. The van der Waals surface area contributed by atoms with E-state index in [9.17, 15) is 0 Å². The Balaban J connectivity index is 1.76. The standard InChI is InChI=1S/C13H23N3O2/c1-4-18-12-7-11(13(12)17-3)15-10(2)8-16-6-5-14-9-16/h5-6,9-13,15H,4,7-8H2,1-3H3. The van der Waals surface area contributed by atoms with Crippen molar-refractivity contribution in [2.75, 3.05) is 13.7 Å². The van der Waals surface area contributed by atoms with Crippen LogP contribution in [0.2, 0.25) is 0 Å². The zero-order chi connectivity index (χ0) is 13.0. The molecule has 0 amide bonds. The molecule has 0 aliphatic heterocycles. The van der Waals surface area contributed by atoms with E-state index in [2.05, 4.69) is 21.8 Å². The van der Waals surface area contributed by atoms with Crippen molar-refractivity contribution in [2.45, 2.75) is 51.1 Å². The molecule has 1 aromatic rings. The summed E-state index contributed by atoms with van der Waals surface area (Å²) in [4.78, 5) is 4.05. The van der Waals surface area contributed by atoms with Crippen molar-refractivity contribution in [1.29, 1.82) is 0 Å². The van der Waals surface area contributed by atoms with E-state index in [1.54, 1.807) is 13.3 Å².